The largest absolute Gasteiger partial charge is 0.490 e. The molecule has 0 aliphatic rings. The molecule has 0 spiro atoms. The van der Waals surface area contributed by atoms with Crippen molar-refractivity contribution in [2.24, 2.45) is 0 Å². The molecular formula is C17H22N4O3. The van der Waals surface area contributed by atoms with Crippen LogP contribution in [-0.4, -0.2) is 42.7 Å². The zero-order chi connectivity index (χ0) is 17.5. The summed E-state index contributed by atoms with van der Waals surface area (Å²) in [6.07, 6.45) is 0. The van der Waals surface area contributed by atoms with E-state index in [0.717, 1.165) is 0 Å². The fourth-order valence-electron chi connectivity index (χ4n) is 2.33. The molecule has 1 aromatic heterocycles. The maximum atomic E-state index is 12.4. The summed E-state index contributed by atoms with van der Waals surface area (Å²) in [5.41, 5.74) is 7.86. The lowest BCUT2D eigenvalue weighted by atomic mass is 10.0. The van der Waals surface area contributed by atoms with Crippen molar-refractivity contribution in [3.8, 4) is 17.0 Å². The van der Waals surface area contributed by atoms with Crippen LogP contribution in [-0.2, 0) is 4.74 Å². The average molecular weight is 330 g/mol. The van der Waals surface area contributed by atoms with Crippen molar-refractivity contribution < 1.29 is 14.3 Å². The minimum atomic E-state index is -0.239. The lowest BCUT2D eigenvalue weighted by molar-refractivity contribution is 0.0955. The molecule has 0 aliphatic heterocycles. The molecule has 1 amide bonds. The van der Waals surface area contributed by atoms with E-state index in [9.17, 15) is 4.79 Å². The Morgan fingerprint density at radius 3 is 2.71 bits per heavy atom. The number of rotatable bonds is 7. The summed E-state index contributed by atoms with van der Waals surface area (Å²) in [6, 6.07) is 7.37. The van der Waals surface area contributed by atoms with Crippen LogP contribution >= 0.6 is 0 Å². The van der Waals surface area contributed by atoms with Crippen molar-refractivity contribution in [1.29, 1.82) is 0 Å². The second kappa shape index (κ2) is 8.26. The number of carbonyl (C=O) groups excluding carboxylic acids is 1. The molecule has 0 aliphatic carbocycles. The smallest absolute Gasteiger partial charge is 0.255 e. The first-order valence-electron chi connectivity index (χ1n) is 7.71. The first kappa shape index (κ1) is 17.7. The predicted molar refractivity (Wildman–Crippen MR) is 92.0 cm³/mol. The highest BCUT2D eigenvalue weighted by Crippen LogP contribution is 2.32. The van der Waals surface area contributed by atoms with Crippen LogP contribution in [0.3, 0.4) is 0 Å². The molecule has 1 heterocycles. The molecule has 0 fully saturated rings. The van der Waals surface area contributed by atoms with Gasteiger partial charge in [0.05, 0.1) is 23.6 Å². The van der Waals surface area contributed by atoms with Gasteiger partial charge in [0, 0.05) is 19.2 Å². The van der Waals surface area contributed by atoms with Crippen LogP contribution < -0.4 is 15.8 Å². The maximum Gasteiger partial charge on any atom is 0.255 e. The Labute approximate surface area is 141 Å². The molecule has 7 nitrogen and oxygen atoms in total. The minimum Gasteiger partial charge on any atom is -0.490 e. The third-order valence-corrected chi connectivity index (χ3v) is 3.36. The van der Waals surface area contributed by atoms with E-state index in [1.165, 1.54) is 0 Å². The molecule has 2 rings (SSSR count). The summed E-state index contributed by atoms with van der Waals surface area (Å²) in [7, 11) is 1.61. The molecule has 0 saturated carbocycles. The molecule has 1 aromatic carbocycles. The fourth-order valence-corrected chi connectivity index (χ4v) is 2.33. The van der Waals surface area contributed by atoms with Crippen molar-refractivity contribution in [2.45, 2.75) is 13.8 Å². The summed E-state index contributed by atoms with van der Waals surface area (Å²) in [6.45, 7) is 4.95. The maximum absolute atomic E-state index is 12.4. The highest BCUT2D eigenvalue weighted by atomic mass is 16.5. The number of aryl methyl sites for hydroxylation is 1. The van der Waals surface area contributed by atoms with Gasteiger partial charge in [0.1, 0.15) is 12.4 Å². The first-order chi connectivity index (χ1) is 11.6. The number of carbonyl (C=O) groups is 1. The van der Waals surface area contributed by atoms with E-state index in [0.29, 0.717) is 48.0 Å². The Morgan fingerprint density at radius 2 is 2.00 bits per heavy atom. The van der Waals surface area contributed by atoms with Crippen LogP contribution in [0.2, 0.25) is 0 Å². The number of hydrogen-bond donors (Lipinski definition) is 2. The lowest BCUT2D eigenvalue weighted by Gasteiger charge is -2.15. The second-order valence-corrected chi connectivity index (χ2v) is 5.09. The van der Waals surface area contributed by atoms with Gasteiger partial charge in [0.25, 0.3) is 5.91 Å². The Kier molecular flexibility index (Phi) is 6.08. The van der Waals surface area contributed by atoms with E-state index in [1.807, 2.05) is 31.2 Å². The van der Waals surface area contributed by atoms with Gasteiger partial charge in [0.2, 0.25) is 5.95 Å². The summed E-state index contributed by atoms with van der Waals surface area (Å²) in [4.78, 5) is 20.9. The molecule has 0 saturated heterocycles. The Morgan fingerprint density at radius 1 is 1.25 bits per heavy atom. The molecule has 0 unspecified atom stereocenters. The number of hydrogen-bond acceptors (Lipinski definition) is 6. The van der Waals surface area contributed by atoms with Gasteiger partial charge in [-0.2, -0.15) is 0 Å². The van der Waals surface area contributed by atoms with Crippen molar-refractivity contribution >= 4 is 11.9 Å². The van der Waals surface area contributed by atoms with Crippen LogP contribution in [0.25, 0.3) is 11.3 Å². The fraction of sp³-hybridized carbons (Fsp3) is 0.353. The molecule has 0 bridgehead atoms. The standard InChI is InChI=1S/C17H22N4O3/c1-4-19-16(22)14-11(2)20-17(18)21-15(14)12-7-5-6-8-13(12)24-10-9-23-3/h5-8H,4,9-10H2,1-3H3,(H,19,22)(H2,18,20,21). The van der Waals surface area contributed by atoms with Crippen LogP contribution in [0.4, 0.5) is 5.95 Å². The number of nitrogens with one attached hydrogen (secondary N) is 1. The van der Waals surface area contributed by atoms with Gasteiger partial charge < -0.3 is 20.5 Å². The Bertz CT molecular complexity index is 719. The molecule has 0 atom stereocenters. The number of anilines is 1. The third kappa shape index (κ3) is 3.99. The number of amides is 1. The van der Waals surface area contributed by atoms with Gasteiger partial charge in [-0.3, -0.25) is 4.79 Å². The van der Waals surface area contributed by atoms with E-state index < -0.39 is 0 Å². The lowest BCUT2D eigenvalue weighted by Crippen LogP contribution is -2.25. The van der Waals surface area contributed by atoms with Gasteiger partial charge in [0.15, 0.2) is 0 Å². The minimum absolute atomic E-state index is 0.113. The number of nitrogens with zero attached hydrogens (tertiary/aromatic N) is 2. The normalized spacial score (nSPS) is 10.5. The molecule has 128 valence electrons. The molecule has 3 N–H and O–H groups in total. The SMILES string of the molecule is CCNC(=O)c1c(C)nc(N)nc1-c1ccccc1OCCOC. The van der Waals surface area contributed by atoms with Crippen molar-refractivity contribution in [1.82, 2.24) is 15.3 Å². The molecule has 24 heavy (non-hydrogen) atoms. The number of nitrogens with two attached hydrogens (primary N) is 1. The number of ether oxygens (including phenoxy) is 2. The molecule has 2 aromatic rings. The summed E-state index contributed by atoms with van der Waals surface area (Å²) >= 11 is 0. The van der Waals surface area contributed by atoms with E-state index in [1.54, 1.807) is 14.0 Å². The van der Waals surface area contributed by atoms with Crippen molar-refractivity contribution in [2.75, 3.05) is 32.6 Å². The van der Waals surface area contributed by atoms with Crippen LogP contribution in [0.15, 0.2) is 24.3 Å². The van der Waals surface area contributed by atoms with E-state index >= 15 is 0 Å². The van der Waals surface area contributed by atoms with Gasteiger partial charge >= 0.3 is 0 Å². The molecule has 7 heteroatoms. The number of para-hydroxylation sites is 1. The van der Waals surface area contributed by atoms with Crippen LogP contribution in [0.1, 0.15) is 23.0 Å². The third-order valence-electron chi connectivity index (χ3n) is 3.36. The van der Waals surface area contributed by atoms with E-state index in [4.69, 9.17) is 15.2 Å². The number of aromatic nitrogens is 2. The average Bonchev–Trinajstić information content (AvgIpc) is 2.55. The predicted octanol–water partition coefficient (Wildman–Crippen LogP) is 1.81. The van der Waals surface area contributed by atoms with Gasteiger partial charge in [-0.15, -0.1) is 0 Å². The summed E-state index contributed by atoms with van der Waals surface area (Å²) in [5, 5.41) is 2.78. The monoisotopic (exact) mass is 330 g/mol. The number of methoxy groups -OCH3 is 1. The Balaban J connectivity index is 2.53. The second-order valence-electron chi connectivity index (χ2n) is 5.09. The zero-order valence-corrected chi connectivity index (χ0v) is 14.1. The zero-order valence-electron chi connectivity index (χ0n) is 14.1. The molecule has 0 radical (unpaired) electrons. The van der Waals surface area contributed by atoms with Gasteiger partial charge in [-0.1, -0.05) is 12.1 Å². The molecular weight excluding hydrogens is 308 g/mol. The van der Waals surface area contributed by atoms with Gasteiger partial charge in [-0.05, 0) is 26.0 Å². The van der Waals surface area contributed by atoms with E-state index in [-0.39, 0.29) is 11.9 Å². The van der Waals surface area contributed by atoms with Crippen LogP contribution in [0.5, 0.6) is 5.75 Å². The van der Waals surface area contributed by atoms with Crippen LogP contribution in [0, 0.1) is 6.92 Å². The topological polar surface area (TPSA) is 99.4 Å². The Hall–Kier alpha value is -2.67. The quantitative estimate of drug-likeness (QED) is 0.751. The first-order valence-corrected chi connectivity index (χ1v) is 7.71. The number of nitrogen functional groups attached to an aromatic ring is 1. The summed E-state index contributed by atoms with van der Waals surface area (Å²) < 4.78 is 10.8. The van der Waals surface area contributed by atoms with Crippen molar-refractivity contribution in [3.05, 3.63) is 35.5 Å². The van der Waals surface area contributed by atoms with Gasteiger partial charge in [-0.25, -0.2) is 9.97 Å². The highest BCUT2D eigenvalue weighted by molar-refractivity contribution is 6.01. The van der Waals surface area contributed by atoms with E-state index in [2.05, 4.69) is 15.3 Å². The van der Waals surface area contributed by atoms with Crippen molar-refractivity contribution in [3.63, 3.8) is 0 Å². The summed E-state index contributed by atoms with van der Waals surface area (Å²) in [5.74, 6) is 0.483. The number of benzene rings is 1. The highest BCUT2D eigenvalue weighted by Gasteiger charge is 2.21.